The van der Waals surface area contributed by atoms with Crippen LogP contribution in [0.2, 0.25) is 0 Å². The molecule has 4 aromatic rings. The first-order chi connectivity index (χ1) is 16.5. The number of anilines is 1. The Morgan fingerprint density at radius 2 is 1.65 bits per heavy atom. The molecule has 1 atom stereocenters. The Morgan fingerprint density at radius 1 is 0.941 bits per heavy atom. The van der Waals surface area contributed by atoms with Crippen molar-refractivity contribution in [2.24, 2.45) is 0 Å². The van der Waals surface area contributed by atoms with E-state index in [4.69, 9.17) is 9.47 Å². The third kappa shape index (κ3) is 3.36. The number of carbonyl (C=O) groups excluding carboxylic acids is 2. The first-order valence-corrected chi connectivity index (χ1v) is 10.6. The van der Waals surface area contributed by atoms with Gasteiger partial charge in [-0.1, -0.05) is 42.5 Å². The van der Waals surface area contributed by atoms with Gasteiger partial charge in [0.1, 0.15) is 5.76 Å². The summed E-state index contributed by atoms with van der Waals surface area (Å²) in [4.78, 5) is 35.5. The molecule has 0 bridgehead atoms. The number of aromatic amines is 1. The third-order valence-corrected chi connectivity index (χ3v) is 5.82. The molecule has 0 saturated carbocycles. The lowest BCUT2D eigenvalue weighted by atomic mass is 9.95. The Labute approximate surface area is 195 Å². The summed E-state index contributed by atoms with van der Waals surface area (Å²) in [6, 6.07) is 20.3. The molecule has 2 N–H and O–H groups in total. The Hall–Kier alpha value is -4.59. The molecule has 1 aliphatic rings. The van der Waals surface area contributed by atoms with E-state index in [-0.39, 0.29) is 17.3 Å². The highest BCUT2D eigenvalue weighted by Crippen LogP contribution is 2.42. The molecule has 8 heteroatoms. The van der Waals surface area contributed by atoms with Crippen molar-refractivity contribution in [3.63, 3.8) is 0 Å². The van der Waals surface area contributed by atoms with Crippen molar-refractivity contribution in [1.82, 2.24) is 9.97 Å². The van der Waals surface area contributed by atoms with Crippen LogP contribution < -0.4 is 14.4 Å². The van der Waals surface area contributed by atoms with E-state index in [0.29, 0.717) is 28.1 Å². The number of aliphatic hydroxyl groups excluding tert-OH is 1. The van der Waals surface area contributed by atoms with Crippen molar-refractivity contribution in [3.05, 3.63) is 89.5 Å². The zero-order valence-corrected chi connectivity index (χ0v) is 18.5. The van der Waals surface area contributed by atoms with Gasteiger partial charge in [-0.25, -0.2) is 4.98 Å². The topological polar surface area (TPSA) is 105 Å². The average Bonchev–Trinajstić information content (AvgIpc) is 3.42. The number of benzene rings is 3. The fraction of sp³-hybridized carbons (Fsp3) is 0.115. The third-order valence-electron chi connectivity index (χ3n) is 5.82. The SMILES string of the molecule is COc1ccc(/C(O)=C2\C(=O)C(=O)N(c3nc4ccccc4[nH]3)C2c2ccccc2)cc1OC. The molecule has 170 valence electrons. The van der Waals surface area contributed by atoms with Crippen molar-refractivity contribution in [3.8, 4) is 11.5 Å². The van der Waals surface area contributed by atoms with Crippen LogP contribution in [0.3, 0.4) is 0 Å². The Bertz CT molecular complexity index is 1410. The second kappa shape index (κ2) is 8.40. The molecular weight excluding hydrogens is 434 g/mol. The van der Waals surface area contributed by atoms with E-state index in [1.54, 1.807) is 30.3 Å². The molecule has 5 rings (SSSR count). The molecule has 1 aliphatic heterocycles. The number of rotatable bonds is 5. The molecule has 3 aromatic carbocycles. The van der Waals surface area contributed by atoms with Crippen molar-refractivity contribution in [1.29, 1.82) is 0 Å². The average molecular weight is 455 g/mol. The molecule has 2 heterocycles. The van der Waals surface area contributed by atoms with E-state index in [1.807, 2.05) is 42.5 Å². The number of hydrogen-bond acceptors (Lipinski definition) is 6. The highest BCUT2D eigenvalue weighted by Gasteiger charge is 2.48. The summed E-state index contributed by atoms with van der Waals surface area (Å²) in [5, 5.41) is 11.3. The Balaban J connectivity index is 1.71. The van der Waals surface area contributed by atoms with Crippen LogP contribution in [0.25, 0.3) is 16.8 Å². The summed E-state index contributed by atoms with van der Waals surface area (Å²) in [6.07, 6.45) is 0. The number of Topliss-reactive ketones (excluding diaryl/α,β-unsaturated/α-hetero) is 1. The number of hydrogen-bond donors (Lipinski definition) is 2. The maximum Gasteiger partial charge on any atom is 0.302 e. The zero-order valence-electron chi connectivity index (χ0n) is 18.5. The largest absolute Gasteiger partial charge is 0.507 e. The first-order valence-electron chi connectivity index (χ1n) is 10.6. The van der Waals surface area contributed by atoms with E-state index in [9.17, 15) is 14.7 Å². The molecule has 0 radical (unpaired) electrons. The number of H-pyrrole nitrogens is 1. The molecule has 1 fully saturated rings. The van der Waals surface area contributed by atoms with Crippen molar-refractivity contribution < 1.29 is 24.2 Å². The second-order valence-corrected chi connectivity index (χ2v) is 7.73. The number of para-hydroxylation sites is 2. The predicted octanol–water partition coefficient (Wildman–Crippen LogP) is 4.21. The number of nitrogens with one attached hydrogen (secondary N) is 1. The summed E-state index contributed by atoms with van der Waals surface area (Å²) in [5.74, 6) is -0.817. The number of imidazole rings is 1. The summed E-state index contributed by atoms with van der Waals surface area (Å²) < 4.78 is 10.6. The number of ketones is 1. The van der Waals surface area contributed by atoms with Crippen LogP contribution in [-0.4, -0.2) is 41.0 Å². The van der Waals surface area contributed by atoms with Gasteiger partial charge in [0.25, 0.3) is 5.78 Å². The predicted molar refractivity (Wildman–Crippen MR) is 127 cm³/mol. The van der Waals surface area contributed by atoms with Gasteiger partial charge in [0.2, 0.25) is 5.95 Å². The number of ether oxygens (including phenoxy) is 2. The summed E-state index contributed by atoms with van der Waals surface area (Å²) in [6.45, 7) is 0. The standard InChI is InChI=1S/C26H21N3O5/c1-33-19-13-12-16(14-20(19)34-2)23(30)21-22(15-8-4-3-5-9-15)29(25(32)24(21)31)26-27-17-10-6-7-11-18(17)28-26/h3-14,22,30H,1-2H3,(H,27,28)/b23-21+. The fourth-order valence-corrected chi connectivity index (χ4v) is 4.19. The van der Waals surface area contributed by atoms with Crippen LogP contribution >= 0.6 is 0 Å². The molecule has 1 aromatic heterocycles. The van der Waals surface area contributed by atoms with E-state index >= 15 is 0 Å². The van der Waals surface area contributed by atoms with Crippen LogP contribution in [-0.2, 0) is 9.59 Å². The number of methoxy groups -OCH3 is 2. The number of aliphatic hydroxyl groups is 1. The number of fused-ring (bicyclic) bond motifs is 1. The van der Waals surface area contributed by atoms with Gasteiger partial charge in [-0.15, -0.1) is 0 Å². The van der Waals surface area contributed by atoms with Gasteiger partial charge in [0.05, 0.1) is 36.9 Å². The fourth-order valence-electron chi connectivity index (χ4n) is 4.19. The highest BCUT2D eigenvalue weighted by molar-refractivity contribution is 6.51. The lowest BCUT2D eigenvalue weighted by Gasteiger charge is -2.23. The van der Waals surface area contributed by atoms with Crippen LogP contribution in [0, 0.1) is 0 Å². The quantitative estimate of drug-likeness (QED) is 0.265. The molecule has 8 nitrogen and oxygen atoms in total. The van der Waals surface area contributed by atoms with Gasteiger partial charge < -0.3 is 19.6 Å². The van der Waals surface area contributed by atoms with Gasteiger partial charge in [-0.05, 0) is 35.9 Å². The normalized spacial score (nSPS) is 17.4. The number of nitrogens with zero attached hydrogens (tertiary/aromatic N) is 2. The number of carbonyl (C=O) groups is 2. The van der Waals surface area contributed by atoms with Crippen LogP contribution in [0.1, 0.15) is 17.2 Å². The monoisotopic (exact) mass is 455 g/mol. The van der Waals surface area contributed by atoms with Crippen molar-refractivity contribution >= 4 is 34.4 Å². The molecule has 1 unspecified atom stereocenters. The zero-order chi connectivity index (χ0) is 23.8. The lowest BCUT2D eigenvalue weighted by Crippen LogP contribution is -2.30. The number of aromatic nitrogens is 2. The van der Waals surface area contributed by atoms with Crippen LogP contribution in [0.4, 0.5) is 5.95 Å². The van der Waals surface area contributed by atoms with Crippen molar-refractivity contribution in [2.75, 3.05) is 19.1 Å². The van der Waals surface area contributed by atoms with Gasteiger partial charge in [-0.3, -0.25) is 14.5 Å². The van der Waals surface area contributed by atoms with Gasteiger partial charge in [-0.2, -0.15) is 0 Å². The minimum atomic E-state index is -0.880. The van der Waals surface area contributed by atoms with Crippen molar-refractivity contribution in [2.45, 2.75) is 6.04 Å². The number of amides is 1. The van der Waals surface area contributed by atoms with E-state index in [1.165, 1.54) is 19.1 Å². The first kappa shape index (κ1) is 21.3. The minimum Gasteiger partial charge on any atom is -0.507 e. The Morgan fingerprint density at radius 3 is 2.35 bits per heavy atom. The van der Waals surface area contributed by atoms with Gasteiger partial charge >= 0.3 is 5.91 Å². The van der Waals surface area contributed by atoms with E-state index in [0.717, 1.165) is 5.52 Å². The van der Waals surface area contributed by atoms with E-state index in [2.05, 4.69) is 9.97 Å². The summed E-state index contributed by atoms with van der Waals surface area (Å²) >= 11 is 0. The lowest BCUT2D eigenvalue weighted by molar-refractivity contribution is -0.132. The highest BCUT2D eigenvalue weighted by atomic mass is 16.5. The molecule has 1 saturated heterocycles. The Kier molecular flexibility index (Phi) is 5.25. The van der Waals surface area contributed by atoms with Gasteiger partial charge in [0, 0.05) is 5.56 Å². The molecular formula is C26H21N3O5. The van der Waals surface area contributed by atoms with Crippen LogP contribution in [0.5, 0.6) is 11.5 Å². The second-order valence-electron chi connectivity index (χ2n) is 7.73. The van der Waals surface area contributed by atoms with Crippen LogP contribution in [0.15, 0.2) is 78.4 Å². The molecule has 34 heavy (non-hydrogen) atoms. The molecule has 0 aliphatic carbocycles. The van der Waals surface area contributed by atoms with Gasteiger partial charge in [0.15, 0.2) is 11.5 Å². The van der Waals surface area contributed by atoms with E-state index < -0.39 is 17.7 Å². The smallest absolute Gasteiger partial charge is 0.302 e. The summed E-state index contributed by atoms with van der Waals surface area (Å²) in [5.41, 5.74) is 2.33. The maximum atomic E-state index is 13.3. The molecule has 1 amide bonds. The molecule has 0 spiro atoms. The minimum absolute atomic E-state index is 0.0381. The summed E-state index contributed by atoms with van der Waals surface area (Å²) in [7, 11) is 2.98. The maximum absolute atomic E-state index is 13.3.